The summed E-state index contributed by atoms with van der Waals surface area (Å²) in [4.78, 5) is 10.8. The van der Waals surface area contributed by atoms with Crippen molar-refractivity contribution in [2.24, 2.45) is 0 Å². The predicted octanol–water partition coefficient (Wildman–Crippen LogP) is 2.38. The highest BCUT2D eigenvalue weighted by Crippen LogP contribution is 2.35. The van der Waals surface area contributed by atoms with Crippen LogP contribution in [-0.2, 0) is 0 Å². The minimum absolute atomic E-state index is 0.0254. The molecule has 0 saturated carbocycles. The van der Waals surface area contributed by atoms with Crippen molar-refractivity contribution >= 4 is 17.4 Å². The van der Waals surface area contributed by atoms with E-state index in [2.05, 4.69) is 28.7 Å². The van der Waals surface area contributed by atoms with E-state index in [4.69, 9.17) is 11.6 Å². The van der Waals surface area contributed by atoms with E-state index in [1.54, 1.807) is 6.20 Å². The molecule has 0 aliphatic carbocycles. The molecule has 0 aromatic carbocycles. The zero-order chi connectivity index (χ0) is 11.1. The van der Waals surface area contributed by atoms with Crippen molar-refractivity contribution in [3.8, 4) is 0 Å². The zero-order valence-electron chi connectivity index (χ0n) is 9.37. The number of alkyl halides is 1. The Labute approximate surface area is 95.5 Å². The second kappa shape index (κ2) is 3.63. The minimum atomic E-state index is -0.0254. The quantitative estimate of drug-likeness (QED) is 0.688. The van der Waals surface area contributed by atoms with Crippen LogP contribution in [0.4, 0.5) is 5.82 Å². The first kappa shape index (κ1) is 10.7. The smallest absolute Gasteiger partial charge is 0.132 e. The molecule has 82 valence electrons. The van der Waals surface area contributed by atoms with Crippen molar-refractivity contribution in [2.75, 3.05) is 11.4 Å². The van der Waals surface area contributed by atoms with Gasteiger partial charge in [-0.3, -0.25) is 0 Å². The van der Waals surface area contributed by atoms with Gasteiger partial charge in [0.2, 0.25) is 0 Å². The van der Waals surface area contributed by atoms with Gasteiger partial charge in [0.05, 0.1) is 10.9 Å². The van der Waals surface area contributed by atoms with Gasteiger partial charge in [0.25, 0.3) is 0 Å². The van der Waals surface area contributed by atoms with Crippen LogP contribution in [0.3, 0.4) is 0 Å². The second-order valence-electron chi connectivity index (χ2n) is 4.52. The van der Waals surface area contributed by atoms with Crippen LogP contribution in [0.2, 0.25) is 0 Å². The Kier molecular flexibility index (Phi) is 2.59. The third-order valence-electron chi connectivity index (χ3n) is 3.11. The summed E-state index contributed by atoms with van der Waals surface area (Å²) >= 11 is 6.30. The highest BCUT2D eigenvalue weighted by atomic mass is 35.5. The van der Waals surface area contributed by atoms with Crippen LogP contribution in [0.1, 0.15) is 26.1 Å². The summed E-state index contributed by atoms with van der Waals surface area (Å²) in [5, 5.41) is 0.188. The molecule has 1 saturated heterocycles. The van der Waals surface area contributed by atoms with Crippen molar-refractivity contribution in [3.05, 3.63) is 18.1 Å². The lowest BCUT2D eigenvalue weighted by atomic mass is 10.0. The van der Waals surface area contributed by atoms with E-state index in [1.165, 1.54) is 0 Å². The Morgan fingerprint density at radius 1 is 1.53 bits per heavy atom. The molecule has 1 atom stereocenters. The molecule has 0 amide bonds. The number of nitrogens with zero attached hydrogens (tertiary/aromatic N) is 3. The maximum absolute atomic E-state index is 6.30. The fourth-order valence-corrected chi connectivity index (χ4v) is 2.27. The van der Waals surface area contributed by atoms with Crippen molar-refractivity contribution in [1.82, 2.24) is 9.97 Å². The summed E-state index contributed by atoms with van der Waals surface area (Å²) < 4.78 is 0. The summed E-state index contributed by atoms with van der Waals surface area (Å²) in [5.74, 6) is 1.79. The Morgan fingerprint density at radius 3 is 2.80 bits per heavy atom. The Bertz CT molecular complexity index is 365. The molecule has 0 spiro atoms. The largest absolute Gasteiger partial charge is 0.350 e. The third kappa shape index (κ3) is 1.81. The lowest BCUT2D eigenvalue weighted by Crippen LogP contribution is -2.43. The molecular weight excluding hydrogens is 210 g/mol. The van der Waals surface area contributed by atoms with Gasteiger partial charge < -0.3 is 4.90 Å². The molecule has 4 heteroatoms. The van der Waals surface area contributed by atoms with E-state index in [1.807, 2.05) is 13.0 Å². The average molecular weight is 226 g/mol. The second-order valence-corrected chi connectivity index (χ2v) is 5.05. The van der Waals surface area contributed by atoms with Gasteiger partial charge in [-0.15, -0.1) is 11.6 Å². The van der Waals surface area contributed by atoms with Crippen LogP contribution in [0.5, 0.6) is 0 Å². The predicted molar refractivity (Wildman–Crippen MR) is 62.5 cm³/mol. The number of hydrogen-bond donors (Lipinski definition) is 0. The van der Waals surface area contributed by atoms with Gasteiger partial charge in [-0.2, -0.15) is 0 Å². The fourth-order valence-electron chi connectivity index (χ4n) is 2.06. The molecule has 1 unspecified atom stereocenters. The van der Waals surface area contributed by atoms with E-state index in [9.17, 15) is 0 Å². The molecule has 2 rings (SSSR count). The highest BCUT2D eigenvalue weighted by molar-refractivity contribution is 6.22. The first-order valence-electron chi connectivity index (χ1n) is 5.23. The summed E-state index contributed by atoms with van der Waals surface area (Å²) in [6, 6.07) is 1.95. The summed E-state index contributed by atoms with van der Waals surface area (Å²) in [7, 11) is 0. The van der Waals surface area contributed by atoms with Gasteiger partial charge in [-0.05, 0) is 33.3 Å². The molecule has 1 aliphatic rings. The molecule has 3 nitrogen and oxygen atoms in total. The van der Waals surface area contributed by atoms with Crippen LogP contribution < -0.4 is 4.90 Å². The maximum atomic E-state index is 6.30. The van der Waals surface area contributed by atoms with Crippen molar-refractivity contribution in [1.29, 1.82) is 0 Å². The van der Waals surface area contributed by atoms with E-state index in [-0.39, 0.29) is 10.9 Å². The summed E-state index contributed by atoms with van der Waals surface area (Å²) in [5.41, 5.74) is -0.0254. The fraction of sp³-hybridized carbons (Fsp3) is 0.636. The van der Waals surface area contributed by atoms with Gasteiger partial charge in [0, 0.05) is 12.7 Å². The third-order valence-corrected chi connectivity index (χ3v) is 3.86. The maximum Gasteiger partial charge on any atom is 0.132 e. The molecule has 15 heavy (non-hydrogen) atoms. The van der Waals surface area contributed by atoms with Crippen LogP contribution in [0, 0.1) is 6.92 Å². The molecule has 0 N–H and O–H groups in total. The molecule has 0 radical (unpaired) electrons. The van der Waals surface area contributed by atoms with Crippen LogP contribution in [0.15, 0.2) is 12.3 Å². The monoisotopic (exact) mass is 225 g/mol. The van der Waals surface area contributed by atoms with Gasteiger partial charge in [-0.25, -0.2) is 9.97 Å². The number of anilines is 1. The molecular formula is C11H16ClN3. The van der Waals surface area contributed by atoms with E-state index in [0.717, 1.165) is 24.6 Å². The van der Waals surface area contributed by atoms with Gasteiger partial charge in [-0.1, -0.05) is 0 Å². The lowest BCUT2D eigenvalue weighted by Gasteiger charge is -2.34. The SMILES string of the molecule is Cc1nccc(N2CCC(Cl)C2(C)C)n1. The molecule has 0 bridgehead atoms. The molecule has 1 aliphatic heterocycles. The van der Waals surface area contributed by atoms with Gasteiger partial charge >= 0.3 is 0 Å². The van der Waals surface area contributed by atoms with E-state index in [0.29, 0.717) is 0 Å². The topological polar surface area (TPSA) is 29.0 Å². The van der Waals surface area contributed by atoms with Gasteiger partial charge in [0.15, 0.2) is 0 Å². The van der Waals surface area contributed by atoms with E-state index >= 15 is 0 Å². The number of aryl methyl sites for hydroxylation is 1. The minimum Gasteiger partial charge on any atom is -0.350 e. The number of aromatic nitrogens is 2. The van der Waals surface area contributed by atoms with Gasteiger partial charge in [0.1, 0.15) is 11.6 Å². The molecule has 1 aromatic rings. The Hall–Kier alpha value is -0.830. The lowest BCUT2D eigenvalue weighted by molar-refractivity contribution is 0.520. The zero-order valence-corrected chi connectivity index (χ0v) is 10.1. The highest BCUT2D eigenvalue weighted by Gasteiger charge is 2.40. The summed E-state index contributed by atoms with van der Waals surface area (Å²) in [6.07, 6.45) is 2.81. The Morgan fingerprint density at radius 2 is 2.27 bits per heavy atom. The van der Waals surface area contributed by atoms with E-state index < -0.39 is 0 Å². The normalized spacial score (nSPS) is 24.5. The number of hydrogen-bond acceptors (Lipinski definition) is 3. The number of halogens is 1. The summed E-state index contributed by atoms with van der Waals surface area (Å²) in [6.45, 7) is 7.20. The standard InChI is InChI=1S/C11H16ClN3/c1-8-13-6-4-10(14-8)15-7-5-9(12)11(15,2)3/h4,6,9H,5,7H2,1-3H3. The van der Waals surface area contributed by atoms with Crippen LogP contribution in [0.25, 0.3) is 0 Å². The first-order chi connectivity index (χ1) is 7.01. The molecule has 1 fully saturated rings. The average Bonchev–Trinajstić information content (AvgIpc) is 2.42. The van der Waals surface area contributed by atoms with Crippen molar-refractivity contribution < 1.29 is 0 Å². The van der Waals surface area contributed by atoms with Crippen LogP contribution >= 0.6 is 11.6 Å². The van der Waals surface area contributed by atoms with Crippen LogP contribution in [-0.4, -0.2) is 27.4 Å². The molecule has 1 aromatic heterocycles. The number of rotatable bonds is 1. The first-order valence-corrected chi connectivity index (χ1v) is 5.67. The Balaban J connectivity index is 2.32. The molecule has 2 heterocycles. The van der Waals surface area contributed by atoms with Crippen molar-refractivity contribution in [3.63, 3.8) is 0 Å². The van der Waals surface area contributed by atoms with Crippen molar-refractivity contribution in [2.45, 2.75) is 38.1 Å².